The molecule has 20 heavy (non-hydrogen) atoms. The zero-order valence-corrected chi connectivity index (χ0v) is 10.8. The summed E-state index contributed by atoms with van der Waals surface area (Å²) in [6, 6.07) is 0. The van der Waals surface area contributed by atoms with Crippen molar-refractivity contribution in [3.63, 3.8) is 0 Å². The van der Waals surface area contributed by atoms with Crippen molar-refractivity contribution in [2.75, 3.05) is 6.61 Å². The normalized spacial score (nSPS) is 40.5. The summed E-state index contributed by atoms with van der Waals surface area (Å²) in [4.78, 5) is 23.8. The molecule has 3 rings (SSSR count). The van der Waals surface area contributed by atoms with E-state index in [9.17, 15) is 19.4 Å². The van der Waals surface area contributed by atoms with E-state index in [-0.39, 0.29) is 12.4 Å². The number of primary amides is 1. The maximum absolute atomic E-state index is 11.3. The highest BCUT2D eigenvalue weighted by atomic mass is 31.2. The first-order valence-corrected chi connectivity index (χ1v) is 7.07. The Labute approximate surface area is 111 Å². The number of phosphoric ester groups is 1. The summed E-state index contributed by atoms with van der Waals surface area (Å²) in [5.74, 6) is -1.06. The number of phosphoric acid groups is 1. The number of amides is 1. The van der Waals surface area contributed by atoms with Gasteiger partial charge >= 0.3 is 7.82 Å². The highest BCUT2D eigenvalue weighted by Crippen LogP contribution is 2.52. The average Bonchev–Trinajstić information content (AvgIpc) is 2.95. The van der Waals surface area contributed by atoms with Gasteiger partial charge in [0.2, 0.25) is 5.82 Å². The summed E-state index contributed by atoms with van der Waals surface area (Å²) in [7, 11) is -4.18. The molecule has 0 aliphatic carbocycles. The largest absolute Gasteiger partial charge is 0.472 e. The molecule has 0 spiro atoms. The molecule has 12 heteroatoms. The van der Waals surface area contributed by atoms with Crippen molar-refractivity contribution in [1.29, 1.82) is 0 Å². The molecule has 0 saturated carbocycles. The number of nitrogens with two attached hydrogens (primary N) is 1. The van der Waals surface area contributed by atoms with Gasteiger partial charge in [-0.15, -0.1) is 5.10 Å². The maximum Gasteiger partial charge on any atom is 0.472 e. The quantitative estimate of drug-likeness (QED) is 0.533. The summed E-state index contributed by atoms with van der Waals surface area (Å²) in [6.45, 7) is -0.205. The molecule has 11 nitrogen and oxygen atoms in total. The van der Waals surface area contributed by atoms with E-state index in [1.807, 2.05) is 0 Å². The molecule has 1 aromatic heterocycles. The van der Waals surface area contributed by atoms with Gasteiger partial charge in [-0.1, -0.05) is 0 Å². The fourth-order valence-corrected chi connectivity index (χ4v) is 3.03. The van der Waals surface area contributed by atoms with Crippen LogP contribution in [0.25, 0.3) is 0 Å². The second-order valence-corrected chi connectivity index (χ2v) is 5.71. The van der Waals surface area contributed by atoms with Crippen LogP contribution >= 0.6 is 7.82 Å². The molecule has 5 atom stereocenters. The minimum absolute atomic E-state index is 0.205. The Morgan fingerprint density at radius 3 is 3.00 bits per heavy atom. The van der Waals surface area contributed by atoms with Gasteiger partial charge in [0.25, 0.3) is 5.91 Å². The number of aliphatic hydroxyl groups excluding tert-OH is 1. The third kappa shape index (κ3) is 2.24. The molecule has 2 fully saturated rings. The fourth-order valence-electron chi connectivity index (χ4n) is 2.06. The van der Waals surface area contributed by atoms with Crippen molar-refractivity contribution < 1.29 is 33.1 Å². The number of nitrogens with zero attached hydrogens (tertiary/aromatic N) is 3. The van der Waals surface area contributed by atoms with Crippen molar-refractivity contribution in [1.82, 2.24) is 14.8 Å². The number of hydrogen-bond donors (Lipinski definition) is 3. The number of hydrogen-bond acceptors (Lipinski definition) is 8. The van der Waals surface area contributed by atoms with E-state index in [2.05, 4.69) is 14.6 Å². The van der Waals surface area contributed by atoms with Crippen molar-refractivity contribution in [3.05, 3.63) is 12.2 Å². The van der Waals surface area contributed by atoms with Crippen LogP contribution in [0.2, 0.25) is 0 Å². The Hall–Kier alpha value is -1.36. The molecule has 2 saturated heterocycles. The van der Waals surface area contributed by atoms with Crippen LogP contribution in [-0.2, 0) is 18.3 Å². The zero-order valence-electron chi connectivity index (χ0n) is 9.90. The summed E-state index contributed by atoms with van der Waals surface area (Å²) >= 11 is 0. The molecule has 2 aliphatic rings. The highest BCUT2D eigenvalue weighted by molar-refractivity contribution is 7.47. The third-order valence-electron chi connectivity index (χ3n) is 2.96. The van der Waals surface area contributed by atoms with Crippen LogP contribution in [0.5, 0.6) is 0 Å². The number of ether oxygens (including phenoxy) is 1. The van der Waals surface area contributed by atoms with Crippen LogP contribution in [0.1, 0.15) is 16.8 Å². The molecule has 0 radical (unpaired) electrons. The van der Waals surface area contributed by atoms with Gasteiger partial charge in [0.05, 0.1) is 6.61 Å². The van der Waals surface area contributed by atoms with E-state index < -0.39 is 38.3 Å². The van der Waals surface area contributed by atoms with Crippen molar-refractivity contribution in [2.24, 2.45) is 5.73 Å². The monoisotopic (exact) mass is 306 g/mol. The Morgan fingerprint density at radius 2 is 2.35 bits per heavy atom. The average molecular weight is 306 g/mol. The molecule has 0 aromatic carbocycles. The van der Waals surface area contributed by atoms with Crippen molar-refractivity contribution >= 4 is 13.7 Å². The van der Waals surface area contributed by atoms with E-state index >= 15 is 0 Å². The van der Waals surface area contributed by atoms with Gasteiger partial charge in [-0.3, -0.25) is 13.8 Å². The van der Waals surface area contributed by atoms with E-state index in [1.54, 1.807) is 0 Å². The first-order valence-electron chi connectivity index (χ1n) is 5.57. The van der Waals surface area contributed by atoms with Crippen molar-refractivity contribution in [2.45, 2.75) is 24.5 Å². The van der Waals surface area contributed by atoms with Gasteiger partial charge < -0.3 is 20.5 Å². The first-order chi connectivity index (χ1) is 9.37. The van der Waals surface area contributed by atoms with Crippen LogP contribution in [-0.4, -0.2) is 55.6 Å². The highest BCUT2D eigenvalue weighted by Gasteiger charge is 2.52. The Bertz CT molecular complexity index is 591. The van der Waals surface area contributed by atoms with Crippen LogP contribution in [0.4, 0.5) is 0 Å². The molecule has 0 bridgehead atoms. The van der Waals surface area contributed by atoms with E-state index in [0.29, 0.717) is 0 Å². The lowest BCUT2D eigenvalue weighted by molar-refractivity contribution is -0.0707. The Balaban J connectivity index is 1.82. The topological polar surface area (TPSA) is 159 Å². The molecular formula is C8H11N4O7P. The van der Waals surface area contributed by atoms with Crippen molar-refractivity contribution in [3.8, 4) is 0 Å². The Morgan fingerprint density at radius 1 is 1.60 bits per heavy atom. The minimum Gasteiger partial charge on any atom is -0.385 e. The maximum atomic E-state index is 11.3. The summed E-state index contributed by atoms with van der Waals surface area (Å²) in [6.07, 6.45) is -2.90. The van der Waals surface area contributed by atoms with Gasteiger partial charge in [0.15, 0.2) is 6.23 Å². The number of aliphatic hydroxyl groups is 1. The predicted octanol–water partition coefficient (Wildman–Crippen LogP) is -1.85. The van der Waals surface area contributed by atoms with Gasteiger partial charge in [-0.05, 0) is 0 Å². The number of carbonyl (C=O) groups excluding carboxylic acids is 1. The van der Waals surface area contributed by atoms with Crippen LogP contribution in [0, 0.1) is 0 Å². The van der Waals surface area contributed by atoms with Gasteiger partial charge in [0.1, 0.15) is 24.6 Å². The summed E-state index contributed by atoms with van der Waals surface area (Å²) in [5, 5.41) is 13.8. The third-order valence-corrected chi connectivity index (χ3v) is 3.94. The molecule has 110 valence electrons. The standard InChI is InChI=1S/C8H11N4O7P/c9-6(14)7-10-2-12(11-7)8-4(13)5-3(18-8)1-17-20(15,16)19-5/h2-5,8,13H,1H2,(H2,9,14)(H,15,16)/t3-,4-,5-,8-/m1/s1. The smallest absolute Gasteiger partial charge is 0.385 e. The van der Waals surface area contributed by atoms with Gasteiger partial charge in [0, 0.05) is 0 Å². The molecule has 2 aliphatic heterocycles. The minimum atomic E-state index is -4.18. The number of rotatable bonds is 2. The number of carbonyl (C=O) groups is 1. The predicted molar refractivity (Wildman–Crippen MR) is 59.1 cm³/mol. The molecular weight excluding hydrogens is 295 g/mol. The lowest BCUT2D eigenvalue weighted by Crippen LogP contribution is -2.39. The number of aromatic nitrogens is 3. The van der Waals surface area contributed by atoms with Gasteiger partial charge in [-0.2, -0.15) is 0 Å². The second-order valence-electron chi connectivity index (χ2n) is 4.30. The van der Waals surface area contributed by atoms with Gasteiger partial charge in [-0.25, -0.2) is 14.2 Å². The summed E-state index contributed by atoms with van der Waals surface area (Å²) in [5.41, 5.74) is 5.02. The fraction of sp³-hybridized carbons (Fsp3) is 0.625. The first kappa shape index (κ1) is 13.6. The molecule has 3 heterocycles. The van der Waals surface area contributed by atoms with E-state index in [0.717, 1.165) is 11.0 Å². The molecule has 4 N–H and O–H groups in total. The number of fused-ring (bicyclic) bond motifs is 1. The zero-order chi connectivity index (χ0) is 14.5. The van der Waals surface area contributed by atoms with E-state index in [4.69, 9.17) is 15.0 Å². The lowest BCUT2D eigenvalue weighted by atomic mass is 10.1. The summed E-state index contributed by atoms with van der Waals surface area (Å²) < 4.78 is 27.2. The Kier molecular flexibility index (Phi) is 3.12. The van der Waals surface area contributed by atoms with Crippen LogP contribution in [0.15, 0.2) is 6.33 Å². The van der Waals surface area contributed by atoms with Crippen LogP contribution in [0.3, 0.4) is 0 Å². The second kappa shape index (κ2) is 4.58. The SMILES string of the molecule is NC(=O)c1ncn([C@@H]2O[C@@H]3COP(=O)(O)O[C@H]3[C@H]2O)n1. The molecule has 1 unspecified atom stereocenters. The molecule has 1 amide bonds. The molecule has 1 aromatic rings. The van der Waals surface area contributed by atoms with Crippen LogP contribution < -0.4 is 5.73 Å². The van der Waals surface area contributed by atoms with E-state index in [1.165, 1.54) is 0 Å². The lowest BCUT2D eigenvalue weighted by Gasteiger charge is -2.27.